The lowest BCUT2D eigenvalue weighted by Gasteiger charge is -2.49. The summed E-state index contributed by atoms with van der Waals surface area (Å²) in [6.07, 6.45) is 1.28. The van der Waals surface area contributed by atoms with Crippen LogP contribution in [0.15, 0.2) is 53.1 Å². The van der Waals surface area contributed by atoms with Crippen molar-refractivity contribution in [1.29, 1.82) is 0 Å². The number of thioether (sulfide) groups is 2. The van der Waals surface area contributed by atoms with E-state index in [1.165, 1.54) is 27.6 Å². The molecule has 2 aromatic rings. The van der Waals surface area contributed by atoms with Gasteiger partial charge in [-0.1, -0.05) is 42.1 Å². The van der Waals surface area contributed by atoms with Gasteiger partial charge in [0.15, 0.2) is 5.16 Å². The van der Waals surface area contributed by atoms with E-state index >= 15 is 0 Å². The summed E-state index contributed by atoms with van der Waals surface area (Å²) in [6, 6.07) is 6.89. The number of nitrogens with zero attached hydrogens (tertiary/aromatic N) is 4. The average Bonchev–Trinajstić information content (AvgIpc) is 3.26. The average molecular weight is 505 g/mol. The molecule has 2 aliphatic heterocycles. The van der Waals surface area contributed by atoms with Crippen molar-refractivity contribution >= 4 is 47.3 Å². The van der Waals surface area contributed by atoms with Crippen molar-refractivity contribution in [3.8, 4) is 0 Å². The molecule has 3 heterocycles. The number of carboxylic acid groups (broad SMARTS) is 2. The summed E-state index contributed by atoms with van der Waals surface area (Å²) in [5, 5.41) is 28.7. The molecule has 2 aliphatic rings. The smallest absolute Gasteiger partial charge is 0.352 e. The summed E-state index contributed by atoms with van der Waals surface area (Å²) in [4.78, 5) is 49.5. The first-order valence-corrected chi connectivity index (χ1v) is 12.0. The Bertz CT molecular complexity index is 1170. The van der Waals surface area contributed by atoms with Gasteiger partial charge in [0.1, 0.15) is 36.0 Å². The van der Waals surface area contributed by atoms with Gasteiger partial charge < -0.3 is 21.3 Å². The molecule has 4 rings (SSSR count). The Kier molecular flexibility index (Phi) is 6.90. The maximum Gasteiger partial charge on any atom is 0.352 e. The van der Waals surface area contributed by atoms with Crippen LogP contribution < -0.4 is 11.1 Å². The summed E-state index contributed by atoms with van der Waals surface area (Å²) < 4.78 is 1.34. The molecule has 0 saturated carbocycles. The van der Waals surface area contributed by atoms with Crippen molar-refractivity contribution in [3.63, 3.8) is 0 Å². The van der Waals surface area contributed by atoms with Crippen LogP contribution in [0.1, 0.15) is 11.6 Å². The lowest BCUT2D eigenvalue weighted by atomic mass is 10.0. The van der Waals surface area contributed by atoms with E-state index in [9.17, 15) is 24.3 Å². The maximum absolute atomic E-state index is 12.8. The number of β-lactam (4-membered cyclic amide) rings is 1. The second-order valence-electron chi connectivity index (χ2n) is 7.47. The Hall–Kier alpha value is -3.36. The maximum atomic E-state index is 12.8. The predicted octanol–water partition coefficient (Wildman–Crippen LogP) is -0.107. The van der Waals surface area contributed by atoms with Crippen molar-refractivity contribution in [1.82, 2.24) is 25.0 Å². The fourth-order valence-electron chi connectivity index (χ4n) is 3.61. The zero-order valence-electron chi connectivity index (χ0n) is 17.5. The van der Waals surface area contributed by atoms with Gasteiger partial charge in [0.2, 0.25) is 5.91 Å². The summed E-state index contributed by atoms with van der Waals surface area (Å²) in [6.45, 7) is -0.325. The SMILES string of the molecule is NC(C(=O)NC1C(=O)N2C(C(=O)O)=C(CSc3nncn3CC(=O)O)CS[C@@H]12)c1ccccc1. The van der Waals surface area contributed by atoms with Crippen LogP contribution in [0.4, 0.5) is 0 Å². The van der Waals surface area contributed by atoms with Crippen LogP contribution >= 0.6 is 23.5 Å². The van der Waals surface area contributed by atoms with Crippen LogP contribution in [-0.2, 0) is 25.7 Å². The molecular weight excluding hydrogens is 484 g/mol. The number of hydrogen-bond acceptors (Lipinski definition) is 9. The topological polar surface area (TPSA) is 181 Å². The highest BCUT2D eigenvalue weighted by Gasteiger charge is 2.54. The van der Waals surface area contributed by atoms with Crippen LogP contribution in [0.25, 0.3) is 0 Å². The number of carbonyl (C=O) groups excluding carboxylic acids is 2. The third kappa shape index (κ3) is 4.64. The van der Waals surface area contributed by atoms with Crippen LogP contribution in [0.2, 0.25) is 0 Å². The van der Waals surface area contributed by atoms with E-state index in [1.807, 2.05) is 0 Å². The van der Waals surface area contributed by atoms with Crippen molar-refractivity contribution in [2.75, 3.05) is 11.5 Å². The van der Waals surface area contributed by atoms with Gasteiger partial charge in [0.05, 0.1) is 0 Å². The van der Waals surface area contributed by atoms with Crippen LogP contribution in [0.5, 0.6) is 0 Å². The van der Waals surface area contributed by atoms with E-state index in [2.05, 4.69) is 15.5 Å². The quantitative estimate of drug-likeness (QED) is 0.264. The summed E-state index contributed by atoms with van der Waals surface area (Å²) in [5.74, 6) is -2.88. The monoisotopic (exact) mass is 504 g/mol. The van der Waals surface area contributed by atoms with E-state index in [0.29, 0.717) is 22.0 Å². The van der Waals surface area contributed by atoms with Crippen molar-refractivity contribution in [2.24, 2.45) is 5.73 Å². The highest BCUT2D eigenvalue weighted by molar-refractivity contribution is 8.01. The number of carboxylic acids is 2. The largest absolute Gasteiger partial charge is 0.480 e. The number of aromatic nitrogens is 3. The third-order valence-corrected chi connectivity index (χ3v) is 7.66. The minimum absolute atomic E-state index is 0.136. The van der Waals surface area contributed by atoms with E-state index in [4.69, 9.17) is 10.8 Å². The minimum atomic E-state index is -1.26. The molecule has 0 spiro atoms. The van der Waals surface area contributed by atoms with Gasteiger partial charge in [-0.3, -0.25) is 23.9 Å². The Morgan fingerprint density at radius 2 is 2.00 bits per heavy atom. The van der Waals surface area contributed by atoms with Gasteiger partial charge in [-0.2, -0.15) is 0 Å². The van der Waals surface area contributed by atoms with E-state index in [1.54, 1.807) is 30.3 Å². The number of carbonyl (C=O) groups is 4. The zero-order valence-corrected chi connectivity index (χ0v) is 19.2. The molecule has 1 fully saturated rings. The van der Waals surface area contributed by atoms with E-state index < -0.39 is 41.2 Å². The molecule has 2 amide bonds. The number of hydrogen-bond donors (Lipinski definition) is 4. The fourth-order valence-corrected chi connectivity index (χ4v) is 6.01. The number of rotatable bonds is 9. The Morgan fingerprint density at radius 1 is 1.26 bits per heavy atom. The summed E-state index contributed by atoms with van der Waals surface area (Å²) in [5.41, 5.74) is 6.96. The molecular formula is C20H20N6O6S2. The Morgan fingerprint density at radius 3 is 2.68 bits per heavy atom. The lowest BCUT2D eigenvalue weighted by molar-refractivity contribution is -0.150. The number of nitrogens with two attached hydrogens (primary N) is 1. The fraction of sp³-hybridized carbons (Fsp3) is 0.300. The molecule has 34 heavy (non-hydrogen) atoms. The zero-order chi connectivity index (χ0) is 24.4. The van der Waals surface area contributed by atoms with E-state index in [-0.39, 0.29) is 18.0 Å². The van der Waals surface area contributed by atoms with Gasteiger partial charge in [0.25, 0.3) is 5.91 Å². The normalized spacial score (nSPS) is 20.4. The molecule has 14 heteroatoms. The number of nitrogens with one attached hydrogen (secondary N) is 1. The highest BCUT2D eigenvalue weighted by Crippen LogP contribution is 2.41. The second-order valence-corrected chi connectivity index (χ2v) is 9.51. The molecule has 1 aromatic carbocycles. The highest BCUT2D eigenvalue weighted by atomic mass is 32.2. The minimum Gasteiger partial charge on any atom is -0.480 e. The Labute approximate surface area is 201 Å². The standard InChI is InChI=1S/C20H20N6O6S2/c21-13(10-4-2-1-3-5-10)16(29)23-14-17(30)26-15(19(31)32)11(7-33-18(14)26)8-34-20-24-22-9-25(20)6-12(27)28/h1-5,9,13-14,18H,6-8,21H2,(H,23,29)(H,27,28)(H,31,32)/t13?,14?,18-/m0/s1. The first-order chi connectivity index (χ1) is 16.3. The van der Waals surface area contributed by atoms with Gasteiger partial charge in [-0.15, -0.1) is 22.0 Å². The van der Waals surface area contributed by atoms with Crippen LogP contribution in [0, 0.1) is 0 Å². The molecule has 2 unspecified atom stereocenters. The third-order valence-electron chi connectivity index (χ3n) is 5.25. The molecule has 178 valence electrons. The molecule has 1 saturated heterocycles. The van der Waals surface area contributed by atoms with Crippen molar-refractivity contribution in [3.05, 3.63) is 53.5 Å². The molecule has 5 N–H and O–H groups in total. The molecule has 12 nitrogen and oxygen atoms in total. The molecule has 0 radical (unpaired) electrons. The lowest BCUT2D eigenvalue weighted by Crippen LogP contribution is -2.71. The summed E-state index contributed by atoms with van der Waals surface area (Å²) >= 11 is 2.47. The van der Waals surface area contributed by atoms with Gasteiger partial charge in [-0.25, -0.2) is 4.79 Å². The van der Waals surface area contributed by atoms with Gasteiger partial charge in [-0.05, 0) is 11.1 Å². The van der Waals surface area contributed by atoms with Gasteiger partial charge in [0, 0.05) is 11.5 Å². The van der Waals surface area contributed by atoms with Crippen LogP contribution in [0.3, 0.4) is 0 Å². The first-order valence-electron chi connectivity index (χ1n) is 10.0. The number of aliphatic carboxylic acids is 2. The second kappa shape index (κ2) is 9.87. The predicted molar refractivity (Wildman–Crippen MR) is 121 cm³/mol. The molecule has 0 bridgehead atoms. The summed E-state index contributed by atoms with van der Waals surface area (Å²) in [7, 11) is 0. The number of fused-ring (bicyclic) bond motifs is 1. The number of amides is 2. The number of benzene rings is 1. The van der Waals surface area contributed by atoms with Crippen molar-refractivity contribution in [2.45, 2.75) is 29.2 Å². The van der Waals surface area contributed by atoms with Crippen molar-refractivity contribution < 1.29 is 29.4 Å². The molecule has 3 atom stereocenters. The Balaban J connectivity index is 1.45. The van der Waals surface area contributed by atoms with Gasteiger partial charge >= 0.3 is 11.9 Å². The first kappa shape index (κ1) is 23.8. The van der Waals surface area contributed by atoms with E-state index in [0.717, 1.165) is 11.8 Å². The van der Waals surface area contributed by atoms with Crippen LogP contribution in [-0.4, -0.2) is 76.6 Å². The molecule has 1 aromatic heterocycles. The molecule has 0 aliphatic carbocycles.